The molecule has 0 aliphatic rings. The second kappa shape index (κ2) is 8.15. The van der Waals surface area contributed by atoms with Crippen LogP contribution in [-0.2, 0) is 13.0 Å². The van der Waals surface area contributed by atoms with Crippen LogP contribution in [0.5, 0.6) is 5.75 Å². The molecule has 0 heterocycles. The van der Waals surface area contributed by atoms with Crippen LogP contribution in [0.15, 0.2) is 78.9 Å². The summed E-state index contributed by atoms with van der Waals surface area (Å²) in [6.45, 7) is 2.43. The van der Waals surface area contributed by atoms with E-state index in [0.29, 0.717) is 12.2 Å². The second-order valence-corrected chi connectivity index (χ2v) is 5.72. The summed E-state index contributed by atoms with van der Waals surface area (Å²) >= 11 is 0. The highest BCUT2D eigenvalue weighted by Crippen LogP contribution is 2.19. The van der Waals surface area contributed by atoms with Gasteiger partial charge < -0.3 is 10.1 Å². The summed E-state index contributed by atoms with van der Waals surface area (Å²) in [7, 11) is 0. The van der Waals surface area contributed by atoms with Crippen molar-refractivity contribution in [2.75, 3.05) is 5.32 Å². The van der Waals surface area contributed by atoms with Crippen LogP contribution in [-0.4, -0.2) is 5.91 Å². The molecule has 3 aromatic rings. The number of nitrogens with one attached hydrogen (secondary N) is 1. The number of benzene rings is 3. The van der Waals surface area contributed by atoms with Crippen molar-refractivity contribution < 1.29 is 9.53 Å². The molecular weight excluding hydrogens is 310 g/mol. The molecule has 0 saturated carbocycles. The molecule has 0 aliphatic heterocycles. The van der Waals surface area contributed by atoms with Crippen molar-refractivity contribution in [3.05, 3.63) is 95.6 Å². The van der Waals surface area contributed by atoms with Crippen molar-refractivity contribution in [1.29, 1.82) is 0 Å². The Morgan fingerprint density at radius 2 is 1.48 bits per heavy atom. The van der Waals surface area contributed by atoms with Gasteiger partial charge in [0.25, 0.3) is 5.91 Å². The van der Waals surface area contributed by atoms with Gasteiger partial charge in [-0.3, -0.25) is 4.79 Å². The normalized spacial score (nSPS) is 10.3. The molecule has 3 rings (SSSR count). The molecule has 0 radical (unpaired) electrons. The Morgan fingerprint density at radius 1 is 0.840 bits per heavy atom. The fourth-order valence-electron chi connectivity index (χ4n) is 2.69. The number of amides is 1. The van der Waals surface area contributed by atoms with Gasteiger partial charge >= 0.3 is 0 Å². The first-order valence-corrected chi connectivity index (χ1v) is 8.43. The van der Waals surface area contributed by atoms with E-state index in [-0.39, 0.29) is 5.91 Å². The lowest BCUT2D eigenvalue weighted by molar-refractivity contribution is 0.102. The van der Waals surface area contributed by atoms with Gasteiger partial charge in [-0.05, 0) is 36.2 Å². The number of rotatable bonds is 6. The molecule has 0 atom stereocenters. The first-order valence-electron chi connectivity index (χ1n) is 8.43. The standard InChI is InChI=1S/C22H21NO2/c1-2-17-10-7-9-15-21(17)23-22(24)20-14-8-6-11-18(20)16-25-19-12-4-3-5-13-19/h3-15H,2,16H2,1H3,(H,23,24). The highest BCUT2D eigenvalue weighted by Gasteiger charge is 2.13. The summed E-state index contributed by atoms with van der Waals surface area (Å²) in [4.78, 5) is 12.7. The average molecular weight is 331 g/mol. The molecule has 1 N–H and O–H groups in total. The molecule has 0 aliphatic carbocycles. The summed E-state index contributed by atoms with van der Waals surface area (Å²) in [5, 5.41) is 3.02. The van der Waals surface area contributed by atoms with Crippen LogP contribution in [0, 0.1) is 0 Å². The highest BCUT2D eigenvalue weighted by atomic mass is 16.5. The van der Waals surface area contributed by atoms with Gasteiger partial charge in [-0.1, -0.05) is 61.5 Å². The van der Waals surface area contributed by atoms with Crippen molar-refractivity contribution in [2.45, 2.75) is 20.0 Å². The summed E-state index contributed by atoms with van der Waals surface area (Å²) < 4.78 is 5.80. The van der Waals surface area contributed by atoms with Crippen LogP contribution in [0.4, 0.5) is 5.69 Å². The fraction of sp³-hybridized carbons (Fsp3) is 0.136. The quantitative estimate of drug-likeness (QED) is 0.684. The molecular formula is C22H21NO2. The number of hydrogen-bond acceptors (Lipinski definition) is 2. The zero-order valence-electron chi connectivity index (χ0n) is 14.2. The van der Waals surface area contributed by atoms with E-state index in [1.807, 2.05) is 78.9 Å². The lowest BCUT2D eigenvalue weighted by Crippen LogP contribution is -2.16. The molecule has 0 fully saturated rings. The highest BCUT2D eigenvalue weighted by molar-refractivity contribution is 6.05. The van der Waals surface area contributed by atoms with Crippen LogP contribution in [0.2, 0.25) is 0 Å². The summed E-state index contributed by atoms with van der Waals surface area (Å²) in [5.74, 6) is 0.669. The Morgan fingerprint density at radius 3 is 2.24 bits per heavy atom. The third kappa shape index (κ3) is 4.27. The molecule has 126 valence electrons. The van der Waals surface area contributed by atoms with Gasteiger partial charge in [-0.15, -0.1) is 0 Å². The maximum atomic E-state index is 12.7. The number of carbonyl (C=O) groups is 1. The molecule has 1 amide bonds. The number of ether oxygens (including phenoxy) is 1. The summed E-state index contributed by atoms with van der Waals surface area (Å²) in [6.07, 6.45) is 0.870. The van der Waals surface area contributed by atoms with Gasteiger partial charge in [0.2, 0.25) is 0 Å². The number of para-hydroxylation sites is 2. The Labute approximate surface area is 148 Å². The minimum atomic E-state index is -0.117. The molecule has 0 bridgehead atoms. The van der Waals surface area contributed by atoms with Crippen LogP contribution in [0.1, 0.15) is 28.4 Å². The van der Waals surface area contributed by atoms with Crippen LogP contribution < -0.4 is 10.1 Å². The summed E-state index contributed by atoms with van der Waals surface area (Å²) in [5.41, 5.74) is 3.46. The minimum Gasteiger partial charge on any atom is -0.489 e. The molecule has 0 saturated heterocycles. The number of carbonyl (C=O) groups excluding carboxylic acids is 1. The van der Waals surface area contributed by atoms with Crippen LogP contribution >= 0.6 is 0 Å². The summed E-state index contributed by atoms with van der Waals surface area (Å²) in [6, 6.07) is 25.0. The van der Waals surface area contributed by atoms with Crippen molar-refractivity contribution >= 4 is 11.6 Å². The van der Waals surface area contributed by atoms with Gasteiger partial charge in [0.15, 0.2) is 0 Å². The lowest BCUT2D eigenvalue weighted by Gasteiger charge is -2.13. The SMILES string of the molecule is CCc1ccccc1NC(=O)c1ccccc1COc1ccccc1. The molecule has 3 nitrogen and oxygen atoms in total. The Hall–Kier alpha value is -3.07. The molecule has 25 heavy (non-hydrogen) atoms. The number of hydrogen-bond donors (Lipinski definition) is 1. The van der Waals surface area contributed by atoms with Crippen molar-refractivity contribution in [2.24, 2.45) is 0 Å². The van der Waals surface area contributed by atoms with Gasteiger partial charge in [0, 0.05) is 16.8 Å². The smallest absolute Gasteiger partial charge is 0.256 e. The molecule has 0 unspecified atom stereocenters. The van der Waals surface area contributed by atoms with E-state index >= 15 is 0 Å². The van der Waals surface area contributed by atoms with E-state index in [4.69, 9.17) is 4.74 Å². The third-order valence-electron chi connectivity index (χ3n) is 4.05. The fourth-order valence-corrected chi connectivity index (χ4v) is 2.69. The monoisotopic (exact) mass is 331 g/mol. The van der Waals surface area contributed by atoms with Crippen LogP contribution in [0.25, 0.3) is 0 Å². The van der Waals surface area contributed by atoms with Crippen LogP contribution in [0.3, 0.4) is 0 Å². The Balaban J connectivity index is 1.76. The number of anilines is 1. The van der Waals surface area contributed by atoms with E-state index in [9.17, 15) is 4.79 Å². The molecule has 0 aromatic heterocycles. The zero-order chi connectivity index (χ0) is 17.5. The van der Waals surface area contributed by atoms with E-state index < -0.39 is 0 Å². The second-order valence-electron chi connectivity index (χ2n) is 5.72. The van der Waals surface area contributed by atoms with Crippen molar-refractivity contribution in [1.82, 2.24) is 0 Å². The van der Waals surface area contributed by atoms with E-state index in [2.05, 4.69) is 12.2 Å². The van der Waals surface area contributed by atoms with Gasteiger partial charge in [0.1, 0.15) is 12.4 Å². The van der Waals surface area contributed by atoms with Gasteiger partial charge in [-0.25, -0.2) is 0 Å². The largest absolute Gasteiger partial charge is 0.489 e. The first-order chi connectivity index (χ1) is 12.3. The third-order valence-corrected chi connectivity index (χ3v) is 4.05. The molecule has 3 aromatic carbocycles. The topological polar surface area (TPSA) is 38.3 Å². The van der Waals surface area contributed by atoms with Crippen molar-refractivity contribution in [3.63, 3.8) is 0 Å². The number of aryl methyl sites for hydroxylation is 1. The van der Waals surface area contributed by atoms with Gasteiger partial charge in [-0.2, -0.15) is 0 Å². The van der Waals surface area contributed by atoms with E-state index in [1.54, 1.807) is 0 Å². The van der Waals surface area contributed by atoms with Crippen molar-refractivity contribution in [3.8, 4) is 5.75 Å². The maximum Gasteiger partial charge on any atom is 0.256 e. The Bertz CT molecular complexity index is 843. The predicted octanol–water partition coefficient (Wildman–Crippen LogP) is 5.08. The average Bonchev–Trinajstić information content (AvgIpc) is 2.68. The predicted molar refractivity (Wildman–Crippen MR) is 101 cm³/mol. The van der Waals surface area contributed by atoms with Gasteiger partial charge in [0.05, 0.1) is 0 Å². The van der Waals surface area contributed by atoms with E-state index in [0.717, 1.165) is 29.0 Å². The molecule has 0 spiro atoms. The van der Waals surface area contributed by atoms with E-state index in [1.165, 1.54) is 0 Å². The molecule has 3 heteroatoms. The zero-order valence-corrected chi connectivity index (χ0v) is 14.2. The first kappa shape index (κ1) is 16.8. The Kier molecular flexibility index (Phi) is 5.47. The minimum absolute atomic E-state index is 0.117. The lowest BCUT2D eigenvalue weighted by atomic mass is 10.1. The maximum absolute atomic E-state index is 12.7.